The highest BCUT2D eigenvalue weighted by Crippen LogP contribution is 2.35. The van der Waals surface area contributed by atoms with Crippen molar-refractivity contribution in [3.63, 3.8) is 0 Å². The average Bonchev–Trinajstić information content (AvgIpc) is 3.36. The summed E-state index contributed by atoms with van der Waals surface area (Å²) in [5.41, 5.74) is -0.575. The quantitative estimate of drug-likeness (QED) is 0.266. The molecule has 2 aromatic carbocycles. The topological polar surface area (TPSA) is 98.6 Å². The number of halogens is 6. The maximum absolute atomic E-state index is 14.5. The molecule has 1 aromatic heterocycles. The average molecular weight is 628 g/mol. The fraction of sp³-hybridized carbons (Fsp3) is 0.448. The Bertz CT molecular complexity index is 1500. The van der Waals surface area contributed by atoms with E-state index in [1.807, 2.05) is 0 Å². The molecule has 1 aliphatic heterocycles. The Morgan fingerprint density at radius 2 is 1.66 bits per heavy atom. The molecule has 0 bridgehead atoms. The van der Waals surface area contributed by atoms with Crippen molar-refractivity contribution in [1.82, 2.24) is 25.0 Å². The molecule has 2 amide bonds. The van der Waals surface area contributed by atoms with Gasteiger partial charge in [0.2, 0.25) is 11.7 Å². The van der Waals surface area contributed by atoms with Gasteiger partial charge in [-0.3, -0.25) is 4.79 Å². The predicted molar refractivity (Wildman–Crippen MR) is 144 cm³/mol. The number of rotatable bonds is 8. The molecular formula is C29H31F6N5O4. The van der Waals surface area contributed by atoms with Crippen LogP contribution in [0.4, 0.5) is 31.1 Å². The summed E-state index contributed by atoms with van der Waals surface area (Å²) >= 11 is 0. The van der Waals surface area contributed by atoms with Crippen LogP contribution >= 0.6 is 0 Å². The van der Waals surface area contributed by atoms with Crippen molar-refractivity contribution in [2.75, 3.05) is 13.7 Å². The largest absolute Gasteiger partial charge is 0.497 e. The van der Waals surface area contributed by atoms with E-state index in [9.17, 15) is 35.9 Å². The molecule has 4 rings (SSSR count). The van der Waals surface area contributed by atoms with Crippen molar-refractivity contribution < 1.29 is 45.4 Å². The number of alkyl halides is 3. The third kappa shape index (κ3) is 7.80. The molecule has 2 heterocycles. The fourth-order valence-electron chi connectivity index (χ4n) is 4.94. The van der Waals surface area contributed by atoms with Crippen LogP contribution in [0.1, 0.15) is 56.0 Å². The van der Waals surface area contributed by atoms with Crippen LogP contribution in [0.25, 0.3) is 0 Å². The summed E-state index contributed by atoms with van der Waals surface area (Å²) in [4.78, 5) is 27.7. The van der Waals surface area contributed by atoms with Gasteiger partial charge in [0.05, 0.1) is 13.2 Å². The second kappa shape index (κ2) is 12.7. The van der Waals surface area contributed by atoms with Crippen molar-refractivity contribution >= 4 is 12.0 Å². The van der Waals surface area contributed by atoms with E-state index in [0.717, 1.165) is 4.57 Å². The summed E-state index contributed by atoms with van der Waals surface area (Å²) in [5, 5.41) is 9.62. The number of amides is 2. The monoisotopic (exact) mass is 627 g/mol. The Labute approximate surface area is 249 Å². The van der Waals surface area contributed by atoms with Gasteiger partial charge in [-0.2, -0.15) is 13.2 Å². The normalized spacial score (nSPS) is 15.9. The minimum Gasteiger partial charge on any atom is -0.497 e. The molecule has 1 aliphatic rings. The van der Waals surface area contributed by atoms with E-state index in [1.54, 1.807) is 45.0 Å². The lowest BCUT2D eigenvalue weighted by atomic mass is 9.98. The van der Waals surface area contributed by atoms with Gasteiger partial charge in [0.25, 0.3) is 0 Å². The van der Waals surface area contributed by atoms with Crippen LogP contribution in [0.2, 0.25) is 0 Å². The fourth-order valence-corrected chi connectivity index (χ4v) is 4.94. The lowest BCUT2D eigenvalue weighted by Crippen LogP contribution is -2.48. The van der Waals surface area contributed by atoms with Gasteiger partial charge >= 0.3 is 12.3 Å². The summed E-state index contributed by atoms with van der Waals surface area (Å²) in [6.45, 7) is 4.39. The van der Waals surface area contributed by atoms with Crippen molar-refractivity contribution in [3.8, 4) is 5.75 Å². The predicted octanol–water partition coefficient (Wildman–Crippen LogP) is 5.37. The highest BCUT2D eigenvalue weighted by atomic mass is 19.4. The van der Waals surface area contributed by atoms with Crippen LogP contribution in [-0.2, 0) is 35.1 Å². The van der Waals surface area contributed by atoms with Gasteiger partial charge in [-0.25, -0.2) is 18.0 Å². The summed E-state index contributed by atoms with van der Waals surface area (Å²) in [6, 6.07) is 5.55. The number of benzene rings is 2. The van der Waals surface area contributed by atoms with E-state index in [1.165, 1.54) is 12.0 Å². The van der Waals surface area contributed by atoms with Crippen molar-refractivity contribution in [2.45, 2.75) is 70.4 Å². The van der Waals surface area contributed by atoms with E-state index in [4.69, 9.17) is 9.47 Å². The number of nitrogens with zero attached hydrogens (tertiary/aromatic N) is 4. The summed E-state index contributed by atoms with van der Waals surface area (Å²) < 4.78 is 94.4. The second-order valence-electron chi connectivity index (χ2n) is 11.3. The zero-order valence-corrected chi connectivity index (χ0v) is 24.3. The van der Waals surface area contributed by atoms with Gasteiger partial charge in [0.1, 0.15) is 17.2 Å². The number of alkyl carbamates (subject to hydrolysis) is 1. The summed E-state index contributed by atoms with van der Waals surface area (Å²) in [6.07, 6.45) is -6.55. The van der Waals surface area contributed by atoms with Gasteiger partial charge in [0, 0.05) is 38.0 Å². The van der Waals surface area contributed by atoms with Crippen molar-refractivity contribution in [1.29, 1.82) is 0 Å². The zero-order valence-electron chi connectivity index (χ0n) is 24.3. The third-order valence-electron chi connectivity index (χ3n) is 6.88. The first kappa shape index (κ1) is 32.6. The molecule has 0 radical (unpaired) electrons. The lowest BCUT2D eigenvalue weighted by molar-refractivity contribution is -0.148. The Kier molecular flexibility index (Phi) is 9.44. The van der Waals surface area contributed by atoms with Crippen molar-refractivity contribution in [2.24, 2.45) is 0 Å². The molecule has 0 unspecified atom stereocenters. The zero-order chi connectivity index (χ0) is 32.4. The molecule has 9 nitrogen and oxygen atoms in total. The lowest BCUT2D eigenvalue weighted by Gasteiger charge is -2.37. The van der Waals surface area contributed by atoms with Crippen molar-refractivity contribution in [3.05, 3.63) is 76.6 Å². The molecular weight excluding hydrogens is 596 g/mol. The van der Waals surface area contributed by atoms with Gasteiger partial charge < -0.3 is 24.3 Å². The SMILES string of the molecule is COc1ccc(C[C@@H]2c3nnc(C(F)(F)F)n3CCN2C(=O)C[C@@H](Cc2cc(F)c(F)cc2F)NC(=O)OC(C)(C)C)cc1. The number of fused-ring (bicyclic) bond motifs is 1. The number of methoxy groups -OCH3 is 1. The van der Waals surface area contributed by atoms with Crippen LogP contribution in [0.5, 0.6) is 5.75 Å². The molecule has 2 atom stereocenters. The summed E-state index contributed by atoms with van der Waals surface area (Å²) in [7, 11) is 1.48. The highest BCUT2D eigenvalue weighted by molar-refractivity contribution is 5.78. The van der Waals surface area contributed by atoms with E-state index < -0.39 is 72.0 Å². The molecule has 0 saturated carbocycles. The number of carbonyl (C=O) groups excluding carboxylic acids is 2. The van der Waals surface area contributed by atoms with E-state index >= 15 is 0 Å². The molecule has 0 spiro atoms. The number of hydrogen-bond acceptors (Lipinski definition) is 6. The molecule has 1 N–H and O–H groups in total. The first-order valence-corrected chi connectivity index (χ1v) is 13.6. The maximum atomic E-state index is 14.5. The van der Waals surface area contributed by atoms with E-state index in [0.29, 0.717) is 23.4 Å². The van der Waals surface area contributed by atoms with E-state index in [2.05, 4.69) is 15.5 Å². The molecule has 3 aromatic rings. The Balaban J connectivity index is 1.65. The number of ether oxygens (including phenoxy) is 2. The van der Waals surface area contributed by atoms with Gasteiger partial charge in [-0.1, -0.05) is 12.1 Å². The molecule has 0 aliphatic carbocycles. The van der Waals surface area contributed by atoms with Gasteiger partial charge in [-0.05, 0) is 56.5 Å². The third-order valence-corrected chi connectivity index (χ3v) is 6.88. The molecule has 0 fully saturated rings. The standard InChI is InChI=1S/C29H31F6N5O4/c1-28(2,3)44-27(42)36-18(12-17-13-21(31)22(32)15-20(17)30)14-24(41)39-9-10-40-25(37-38-26(40)29(33,34)35)23(39)11-16-5-7-19(43-4)8-6-16/h5-8,13,15,18,23H,9-12,14H2,1-4H3,(H,36,42)/t18-,23-/m1/s1. The second-order valence-corrected chi connectivity index (χ2v) is 11.3. The Hall–Kier alpha value is -4.30. The van der Waals surface area contributed by atoms with Crippen LogP contribution in [-0.4, -0.2) is 57.0 Å². The number of hydrogen-bond donors (Lipinski definition) is 1. The highest BCUT2D eigenvalue weighted by Gasteiger charge is 2.43. The maximum Gasteiger partial charge on any atom is 0.451 e. The summed E-state index contributed by atoms with van der Waals surface area (Å²) in [5.74, 6) is -5.16. The minimum atomic E-state index is -4.78. The molecule has 0 saturated heterocycles. The number of nitrogens with one attached hydrogen (secondary N) is 1. The smallest absolute Gasteiger partial charge is 0.451 e. The molecule has 44 heavy (non-hydrogen) atoms. The van der Waals surface area contributed by atoms with Gasteiger partial charge in [0.15, 0.2) is 17.5 Å². The minimum absolute atomic E-state index is 0.0632. The van der Waals surface area contributed by atoms with Crippen LogP contribution in [0.3, 0.4) is 0 Å². The molecule has 15 heteroatoms. The Morgan fingerprint density at radius 3 is 2.27 bits per heavy atom. The Morgan fingerprint density at radius 1 is 1.00 bits per heavy atom. The number of aromatic nitrogens is 3. The first-order valence-electron chi connectivity index (χ1n) is 13.6. The van der Waals surface area contributed by atoms with Crippen LogP contribution in [0.15, 0.2) is 36.4 Å². The van der Waals surface area contributed by atoms with Crippen LogP contribution < -0.4 is 10.1 Å². The first-order chi connectivity index (χ1) is 20.6. The molecule has 238 valence electrons. The van der Waals surface area contributed by atoms with E-state index in [-0.39, 0.29) is 30.9 Å². The van der Waals surface area contributed by atoms with Gasteiger partial charge in [-0.15, -0.1) is 10.2 Å². The number of carbonyl (C=O) groups is 2. The van der Waals surface area contributed by atoms with Crippen LogP contribution in [0, 0.1) is 17.5 Å².